The maximum absolute atomic E-state index is 13.7. The molecule has 1 heterocycles. The van der Waals surface area contributed by atoms with Gasteiger partial charge >= 0.3 is 0 Å². The zero-order valence-corrected chi connectivity index (χ0v) is 14.4. The first-order valence-electron chi connectivity index (χ1n) is 7.83. The lowest BCUT2D eigenvalue weighted by Crippen LogP contribution is -2.42. The van der Waals surface area contributed by atoms with E-state index in [1.807, 2.05) is 24.3 Å². The summed E-state index contributed by atoms with van der Waals surface area (Å²) in [6, 6.07) is 11.5. The van der Waals surface area contributed by atoms with E-state index in [0.29, 0.717) is 23.9 Å². The molecule has 2 aromatic carbocycles. The molecule has 1 aliphatic heterocycles. The van der Waals surface area contributed by atoms with E-state index in [1.54, 1.807) is 11.9 Å². The normalized spacial score (nSPS) is 15.9. The average Bonchev–Trinajstić information content (AvgIpc) is 2.58. The molecule has 1 N–H and O–H groups in total. The third kappa shape index (κ3) is 4.61. The molecule has 0 saturated carbocycles. The Morgan fingerprint density at radius 3 is 2.88 bits per heavy atom. The van der Waals surface area contributed by atoms with Crippen molar-refractivity contribution in [1.29, 1.82) is 0 Å². The molecule has 0 bridgehead atoms. The first-order chi connectivity index (χ1) is 12.0. The smallest absolute Gasteiger partial charge is 0.238 e. The Balaban J connectivity index is 1.52. The predicted octanol–water partition coefficient (Wildman–Crippen LogP) is 3.19. The van der Waals surface area contributed by atoms with E-state index in [-0.39, 0.29) is 24.2 Å². The monoisotopic (exact) mass is 364 g/mol. The number of benzene rings is 2. The van der Waals surface area contributed by atoms with E-state index in [9.17, 15) is 9.18 Å². The van der Waals surface area contributed by atoms with Gasteiger partial charge in [0.15, 0.2) is 11.5 Å². The fourth-order valence-electron chi connectivity index (χ4n) is 2.59. The van der Waals surface area contributed by atoms with Crippen LogP contribution in [0.1, 0.15) is 0 Å². The molecule has 0 unspecified atom stereocenters. The molecule has 25 heavy (non-hydrogen) atoms. The number of carbonyl (C=O) groups excluding carboxylic acids is 1. The van der Waals surface area contributed by atoms with Crippen LogP contribution in [0.25, 0.3) is 0 Å². The fraction of sp³-hybridized carbons (Fsp3) is 0.278. The maximum atomic E-state index is 13.7. The van der Waals surface area contributed by atoms with Crippen molar-refractivity contribution in [3.8, 4) is 11.5 Å². The first-order valence-corrected chi connectivity index (χ1v) is 8.21. The van der Waals surface area contributed by atoms with Crippen molar-refractivity contribution in [2.45, 2.75) is 6.10 Å². The SMILES string of the molecule is CN(CC(=O)Nc1cc(Cl)ccc1F)C[C@H]1COc2ccccc2O1. The molecule has 0 saturated heterocycles. The van der Waals surface area contributed by atoms with Gasteiger partial charge < -0.3 is 14.8 Å². The number of fused-ring (bicyclic) bond motifs is 1. The number of halogens is 2. The molecule has 1 atom stereocenters. The highest BCUT2D eigenvalue weighted by Gasteiger charge is 2.22. The summed E-state index contributed by atoms with van der Waals surface area (Å²) in [7, 11) is 1.79. The van der Waals surface area contributed by atoms with Crippen LogP contribution in [0, 0.1) is 5.82 Å². The van der Waals surface area contributed by atoms with Crippen molar-refractivity contribution in [3.05, 3.63) is 53.3 Å². The minimum absolute atomic E-state index is 0.0667. The minimum atomic E-state index is -0.527. The van der Waals surface area contributed by atoms with Gasteiger partial charge in [0.05, 0.1) is 12.2 Å². The van der Waals surface area contributed by atoms with Gasteiger partial charge in [0.1, 0.15) is 18.5 Å². The molecule has 1 aliphatic rings. The molecule has 2 aromatic rings. The second-order valence-electron chi connectivity index (χ2n) is 5.87. The Bertz CT molecular complexity index is 772. The molecule has 0 aromatic heterocycles. The summed E-state index contributed by atoms with van der Waals surface area (Å²) < 4.78 is 25.2. The van der Waals surface area contributed by atoms with Crippen molar-refractivity contribution in [1.82, 2.24) is 4.90 Å². The number of hydrogen-bond acceptors (Lipinski definition) is 4. The Morgan fingerprint density at radius 1 is 1.32 bits per heavy atom. The van der Waals surface area contributed by atoms with Gasteiger partial charge in [-0.05, 0) is 37.4 Å². The van der Waals surface area contributed by atoms with E-state index in [2.05, 4.69) is 5.32 Å². The van der Waals surface area contributed by atoms with Gasteiger partial charge in [0.25, 0.3) is 0 Å². The largest absolute Gasteiger partial charge is 0.486 e. The van der Waals surface area contributed by atoms with Crippen LogP contribution < -0.4 is 14.8 Å². The highest BCUT2D eigenvalue weighted by atomic mass is 35.5. The van der Waals surface area contributed by atoms with Crippen LogP contribution in [0.2, 0.25) is 5.02 Å². The van der Waals surface area contributed by atoms with Crippen LogP contribution >= 0.6 is 11.6 Å². The Hall–Kier alpha value is -2.31. The van der Waals surface area contributed by atoms with E-state index in [0.717, 1.165) is 5.75 Å². The number of anilines is 1. The summed E-state index contributed by atoms with van der Waals surface area (Å²) in [5.74, 6) is 0.551. The zero-order chi connectivity index (χ0) is 17.8. The van der Waals surface area contributed by atoms with Crippen molar-refractivity contribution < 1.29 is 18.7 Å². The second kappa shape index (κ2) is 7.72. The molecule has 3 rings (SSSR count). The maximum Gasteiger partial charge on any atom is 0.238 e. The summed E-state index contributed by atoms with van der Waals surface area (Å²) in [6.45, 7) is 0.999. The lowest BCUT2D eigenvalue weighted by molar-refractivity contribution is -0.117. The summed E-state index contributed by atoms with van der Waals surface area (Å²) >= 11 is 5.82. The molecular weight excluding hydrogens is 347 g/mol. The van der Waals surface area contributed by atoms with Crippen LogP contribution in [-0.4, -0.2) is 43.7 Å². The van der Waals surface area contributed by atoms with Gasteiger partial charge in [-0.15, -0.1) is 0 Å². The second-order valence-corrected chi connectivity index (χ2v) is 6.30. The number of nitrogens with one attached hydrogen (secondary N) is 1. The molecule has 0 fully saturated rings. The van der Waals surface area contributed by atoms with Crippen LogP contribution in [0.4, 0.5) is 10.1 Å². The predicted molar refractivity (Wildman–Crippen MR) is 93.9 cm³/mol. The lowest BCUT2D eigenvalue weighted by Gasteiger charge is -2.29. The highest BCUT2D eigenvalue weighted by molar-refractivity contribution is 6.30. The summed E-state index contributed by atoms with van der Waals surface area (Å²) in [5.41, 5.74) is 0.0667. The zero-order valence-electron chi connectivity index (χ0n) is 13.7. The molecule has 1 amide bonds. The quantitative estimate of drug-likeness (QED) is 0.885. The van der Waals surface area contributed by atoms with Gasteiger partial charge in [-0.25, -0.2) is 4.39 Å². The Labute approximate surface area is 150 Å². The van der Waals surface area contributed by atoms with Gasteiger partial charge in [-0.3, -0.25) is 9.69 Å². The average molecular weight is 365 g/mol. The molecule has 7 heteroatoms. The minimum Gasteiger partial charge on any atom is -0.486 e. The lowest BCUT2D eigenvalue weighted by atomic mass is 10.2. The van der Waals surface area contributed by atoms with Crippen LogP contribution in [0.5, 0.6) is 11.5 Å². The van der Waals surface area contributed by atoms with Gasteiger partial charge in [0.2, 0.25) is 5.91 Å². The number of para-hydroxylation sites is 2. The van der Waals surface area contributed by atoms with E-state index in [4.69, 9.17) is 21.1 Å². The van der Waals surface area contributed by atoms with Crippen LogP contribution in [0.15, 0.2) is 42.5 Å². The van der Waals surface area contributed by atoms with Crippen molar-refractivity contribution in [3.63, 3.8) is 0 Å². The van der Waals surface area contributed by atoms with E-state index < -0.39 is 5.82 Å². The summed E-state index contributed by atoms with van der Waals surface area (Å²) in [6.07, 6.45) is -0.185. The van der Waals surface area contributed by atoms with Gasteiger partial charge in [-0.1, -0.05) is 23.7 Å². The van der Waals surface area contributed by atoms with Crippen molar-refractivity contribution in [2.75, 3.05) is 32.1 Å². The number of carbonyl (C=O) groups is 1. The van der Waals surface area contributed by atoms with Gasteiger partial charge in [0, 0.05) is 11.6 Å². The van der Waals surface area contributed by atoms with Gasteiger partial charge in [-0.2, -0.15) is 0 Å². The Kier molecular flexibility index (Phi) is 5.40. The van der Waals surface area contributed by atoms with Crippen molar-refractivity contribution in [2.24, 2.45) is 0 Å². The standard InChI is InChI=1S/C18H18ClFN2O3/c1-22(9-13-11-24-16-4-2-3-5-17(16)25-13)10-18(23)21-15-8-12(19)6-7-14(15)20/h2-8,13H,9-11H2,1H3,(H,21,23)/t13-/m0/s1. The number of hydrogen-bond donors (Lipinski definition) is 1. The third-order valence-corrected chi connectivity index (χ3v) is 3.93. The molecular formula is C18H18ClFN2O3. The number of ether oxygens (including phenoxy) is 2. The molecule has 5 nitrogen and oxygen atoms in total. The Morgan fingerprint density at radius 2 is 2.08 bits per heavy atom. The summed E-state index contributed by atoms with van der Waals surface area (Å²) in [5, 5.41) is 2.88. The van der Waals surface area contributed by atoms with E-state index >= 15 is 0 Å². The number of likely N-dealkylation sites (N-methyl/N-ethyl adjacent to an activating group) is 1. The van der Waals surface area contributed by atoms with Crippen LogP contribution in [-0.2, 0) is 4.79 Å². The fourth-order valence-corrected chi connectivity index (χ4v) is 2.77. The topological polar surface area (TPSA) is 50.8 Å². The highest BCUT2D eigenvalue weighted by Crippen LogP contribution is 2.30. The molecule has 0 spiro atoms. The molecule has 132 valence electrons. The summed E-state index contributed by atoms with van der Waals surface area (Å²) in [4.78, 5) is 13.9. The molecule has 0 aliphatic carbocycles. The van der Waals surface area contributed by atoms with Crippen LogP contribution in [0.3, 0.4) is 0 Å². The number of amides is 1. The molecule has 0 radical (unpaired) electrons. The number of rotatable bonds is 5. The third-order valence-electron chi connectivity index (χ3n) is 3.70. The number of nitrogens with zero attached hydrogens (tertiary/aromatic N) is 1. The first kappa shape index (κ1) is 17.5. The van der Waals surface area contributed by atoms with E-state index in [1.165, 1.54) is 18.2 Å². The van der Waals surface area contributed by atoms with Crippen molar-refractivity contribution >= 4 is 23.2 Å².